The minimum Gasteiger partial charge on any atom is -0.478 e. The van der Waals surface area contributed by atoms with Crippen molar-refractivity contribution >= 4 is 33.7 Å². The summed E-state index contributed by atoms with van der Waals surface area (Å²) in [4.78, 5) is 44.0. The molecule has 2 aromatic heterocycles. The highest BCUT2D eigenvalue weighted by molar-refractivity contribution is 6.11. The molecule has 0 bridgehead atoms. The third-order valence-electron chi connectivity index (χ3n) is 6.27. The quantitative estimate of drug-likeness (QED) is 0.225. The standard InChI is InChI=1S/C26H19F3N4O5/c1-11-4-6-16(8-12(11)2)33-23(34)19(13(3)32-33)22-30-17-7-5-14-9-15(24(35)36)10-18(20(14)21(17)31-22)38-25(37)26(27,28)29/h4-10,32H,1-3H3,(H,30,31)(H,35,36). The van der Waals surface area contributed by atoms with Gasteiger partial charge in [-0.15, -0.1) is 0 Å². The van der Waals surface area contributed by atoms with Crippen LogP contribution < -0.4 is 10.3 Å². The number of nitrogens with one attached hydrogen (secondary N) is 2. The summed E-state index contributed by atoms with van der Waals surface area (Å²) in [5.41, 5.74) is 2.97. The van der Waals surface area contributed by atoms with E-state index in [0.29, 0.717) is 16.9 Å². The van der Waals surface area contributed by atoms with Crippen LogP contribution in [0.3, 0.4) is 0 Å². The van der Waals surface area contributed by atoms with E-state index in [1.807, 2.05) is 26.0 Å². The van der Waals surface area contributed by atoms with E-state index in [1.54, 1.807) is 19.1 Å². The van der Waals surface area contributed by atoms with Gasteiger partial charge in [0.05, 0.1) is 22.2 Å². The smallest absolute Gasteiger partial charge is 0.478 e. The van der Waals surface area contributed by atoms with Gasteiger partial charge in [0.2, 0.25) is 0 Å². The van der Waals surface area contributed by atoms with E-state index >= 15 is 0 Å². The zero-order valence-electron chi connectivity index (χ0n) is 20.1. The molecule has 38 heavy (non-hydrogen) atoms. The van der Waals surface area contributed by atoms with Crippen molar-refractivity contribution in [3.63, 3.8) is 0 Å². The van der Waals surface area contributed by atoms with Crippen molar-refractivity contribution in [1.82, 2.24) is 19.7 Å². The molecule has 0 aliphatic carbocycles. The number of imidazole rings is 1. The Bertz CT molecular complexity index is 1850. The first-order chi connectivity index (χ1) is 17.8. The van der Waals surface area contributed by atoms with Gasteiger partial charge in [-0.2, -0.15) is 13.2 Å². The molecule has 12 heteroatoms. The number of carbonyl (C=O) groups is 2. The minimum atomic E-state index is -5.31. The summed E-state index contributed by atoms with van der Waals surface area (Å²) in [6.07, 6.45) is -5.31. The maximum Gasteiger partial charge on any atom is 0.491 e. The summed E-state index contributed by atoms with van der Waals surface area (Å²) >= 11 is 0. The van der Waals surface area contributed by atoms with Gasteiger partial charge in [-0.05, 0) is 67.6 Å². The van der Waals surface area contributed by atoms with Crippen LogP contribution in [0.5, 0.6) is 5.75 Å². The van der Waals surface area contributed by atoms with Gasteiger partial charge in [0.25, 0.3) is 5.56 Å². The number of carboxylic acids is 1. The lowest BCUT2D eigenvalue weighted by Gasteiger charge is -2.11. The van der Waals surface area contributed by atoms with E-state index in [-0.39, 0.29) is 33.2 Å². The Balaban J connectivity index is 1.72. The minimum absolute atomic E-state index is 0.0183. The Morgan fingerprint density at radius 3 is 2.42 bits per heavy atom. The van der Waals surface area contributed by atoms with Crippen LogP contribution >= 0.6 is 0 Å². The number of H-pyrrole nitrogens is 2. The van der Waals surface area contributed by atoms with Crippen molar-refractivity contribution < 1.29 is 32.6 Å². The fourth-order valence-electron chi connectivity index (χ4n) is 4.24. The van der Waals surface area contributed by atoms with Crippen LogP contribution in [-0.2, 0) is 4.79 Å². The van der Waals surface area contributed by atoms with Crippen LogP contribution in [0.1, 0.15) is 27.2 Å². The summed E-state index contributed by atoms with van der Waals surface area (Å²) < 4.78 is 44.8. The molecule has 0 aliphatic rings. The normalized spacial score (nSPS) is 11.8. The second-order valence-corrected chi connectivity index (χ2v) is 8.83. The van der Waals surface area contributed by atoms with Crippen LogP contribution in [-0.4, -0.2) is 43.0 Å². The Morgan fingerprint density at radius 2 is 1.76 bits per heavy atom. The predicted octanol–water partition coefficient (Wildman–Crippen LogP) is 4.95. The van der Waals surface area contributed by atoms with Gasteiger partial charge in [-0.3, -0.25) is 9.89 Å². The molecule has 0 saturated carbocycles. The Kier molecular flexibility index (Phi) is 5.62. The molecule has 0 atom stereocenters. The monoisotopic (exact) mass is 524 g/mol. The van der Waals surface area contributed by atoms with Crippen LogP contribution in [0, 0.1) is 20.8 Å². The highest BCUT2D eigenvalue weighted by Gasteiger charge is 2.42. The number of fused-ring (bicyclic) bond motifs is 3. The number of aromatic nitrogens is 4. The summed E-state index contributed by atoms with van der Waals surface area (Å²) in [5, 5.41) is 12.6. The second kappa shape index (κ2) is 8.61. The summed E-state index contributed by atoms with van der Waals surface area (Å²) in [6.45, 7) is 5.55. The third kappa shape index (κ3) is 4.09. The molecule has 5 rings (SSSR count). The first-order valence-corrected chi connectivity index (χ1v) is 11.2. The van der Waals surface area contributed by atoms with E-state index in [4.69, 9.17) is 0 Å². The van der Waals surface area contributed by atoms with Crippen molar-refractivity contribution in [2.75, 3.05) is 0 Å². The van der Waals surface area contributed by atoms with Gasteiger partial charge in [0.1, 0.15) is 22.7 Å². The second-order valence-electron chi connectivity index (χ2n) is 8.83. The molecule has 0 spiro atoms. The van der Waals surface area contributed by atoms with Crippen molar-refractivity contribution in [2.45, 2.75) is 26.9 Å². The molecule has 0 fully saturated rings. The number of nitrogens with zero attached hydrogens (tertiary/aromatic N) is 2. The molecule has 0 radical (unpaired) electrons. The van der Waals surface area contributed by atoms with Gasteiger partial charge in [-0.25, -0.2) is 19.3 Å². The fourth-order valence-corrected chi connectivity index (χ4v) is 4.24. The number of carboxylic acid groups (broad SMARTS) is 1. The molecule has 0 aliphatic heterocycles. The maximum atomic E-state index is 13.4. The number of carbonyl (C=O) groups excluding carboxylic acids is 1. The van der Waals surface area contributed by atoms with Crippen molar-refractivity contribution in [3.05, 3.63) is 75.2 Å². The largest absolute Gasteiger partial charge is 0.491 e. The summed E-state index contributed by atoms with van der Waals surface area (Å²) in [7, 11) is 0. The van der Waals surface area contributed by atoms with Crippen LogP contribution in [0.25, 0.3) is 38.9 Å². The van der Waals surface area contributed by atoms with Crippen LogP contribution in [0.4, 0.5) is 13.2 Å². The number of esters is 1. The number of ether oxygens (including phenoxy) is 1. The van der Waals surface area contributed by atoms with E-state index in [9.17, 15) is 32.7 Å². The Morgan fingerprint density at radius 1 is 1.03 bits per heavy atom. The lowest BCUT2D eigenvalue weighted by molar-refractivity contribution is -0.189. The molecule has 9 nitrogen and oxygen atoms in total. The first-order valence-electron chi connectivity index (χ1n) is 11.2. The van der Waals surface area contributed by atoms with Gasteiger partial charge in [0.15, 0.2) is 0 Å². The molecule has 0 unspecified atom stereocenters. The van der Waals surface area contributed by atoms with E-state index in [2.05, 4.69) is 19.8 Å². The molecule has 0 saturated heterocycles. The molecular weight excluding hydrogens is 505 g/mol. The molecule has 0 amide bonds. The zero-order valence-corrected chi connectivity index (χ0v) is 20.1. The number of halogens is 3. The van der Waals surface area contributed by atoms with Gasteiger partial charge in [0, 0.05) is 5.69 Å². The number of aromatic carboxylic acids is 1. The molecule has 2 heterocycles. The van der Waals surface area contributed by atoms with Crippen molar-refractivity contribution in [3.8, 4) is 22.8 Å². The Hall–Kier alpha value is -4.87. The van der Waals surface area contributed by atoms with Crippen LogP contribution in [0.2, 0.25) is 0 Å². The van der Waals surface area contributed by atoms with E-state index < -0.39 is 29.4 Å². The molecule has 3 aromatic carbocycles. The Labute approximate surface area is 211 Å². The zero-order chi connectivity index (χ0) is 27.5. The first kappa shape index (κ1) is 24.8. The van der Waals surface area contributed by atoms with Gasteiger partial charge >= 0.3 is 18.1 Å². The number of hydrogen-bond acceptors (Lipinski definition) is 5. The van der Waals surface area contributed by atoms with Crippen molar-refractivity contribution in [1.29, 1.82) is 0 Å². The number of aryl methyl sites for hydroxylation is 3. The topological polar surface area (TPSA) is 130 Å². The van der Waals surface area contributed by atoms with E-state index in [1.165, 1.54) is 16.8 Å². The summed E-state index contributed by atoms with van der Waals surface area (Å²) in [6, 6.07) is 10.6. The number of benzene rings is 3. The SMILES string of the molecule is Cc1ccc(-n2[nH]c(C)c(-c3nc4c(ccc5cc(C(=O)O)cc(OC(=O)C(F)(F)F)c54)[nH]3)c2=O)cc1C. The average molecular weight is 524 g/mol. The molecular formula is C26H19F3N4O5. The highest BCUT2D eigenvalue weighted by Crippen LogP contribution is 2.36. The molecule has 194 valence electrons. The number of rotatable bonds is 4. The van der Waals surface area contributed by atoms with Gasteiger partial charge < -0.3 is 14.8 Å². The molecule has 5 aromatic rings. The van der Waals surface area contributed by atoms with Gasteiger partial charge in [-0.1, -0.05) is 12.1 Å². The lowest BCUT2D eigenvalue weighted by atomic mass is 10.0. The fraction of sp³-hybridized carbons (Fsp3) is 0.154. The maximum absolute atomic E-state index is 13.4. The number of hydrogen-bond donors (Lipinski definition) is 3. The highest BCUT2D eigenvalue weighted by atomic mass is 19.4. The number of aromatic amines is 2. The average Bonchev–Trinajstić information content (AvgIpc) is 3.39. The van der Waals surface area contributed by atoms with Crippen molar-refractivity contribution in [2.24, 2.45) is 0 Å². The third-order valence-corrected chi connectivity index (χ3v) is 6.27. The van der Waals surface area contributed by atoms with Crippen LogP contribution in [0.15, 0.2) is 47.3 Å². The lowest BCUT2D eigenvalue weighted by Crippen LogP contribution is -2.28. The van der Waals surface area contributed by atoms with E-state index in [0.717, 1.165) is 17.2 Å². The number of alkyl halides is 3. The molecule has 3 N–H and O–H groups in total. The predicted molar refractivity (Wildman–Crippen MR) is 132 cm³/mol. The summed E-state index contributed by atoms with van der Waals surface area (Å²) in [5.74, 6) is -4.42.